The van der Waals surface area contributed by atoms with Crippen LogP contribution < -0.4 is 0 Å². The van der Waals surface area contributed by atoms with E-state index < -0.39 is 6.09 Å². The van der Waals surface area contributed by atoms with E-state index in [2.05, 4.69) is 0 Å². The van der Waals surface area contributed by atoms with Crippen molar-refractivity contribution in [3.63, 3.8) is 0 Å². The average molecular weight is 240 g/mol. The first-order chi connectivity index (χ1) is 7.68. The lowest BCUT2D eigenvalue weighted by Gasteiger charge is -2.32. The number of carbonyl (C=O) groups is 2. The van der Waals surface area contributed by atoms with Crippen molar-refractivity contribution in [3.05, 3.63) is 22.4 Å². The Kier molecular flexibility index (Phi) is 3.09. The minimum Gasteiger partial charge on any atom is -0.465 e. The highest BCUT2D eigenvalue weighted by molar-refractivity contribution is 7.12. The van der Waals surface area contributed by atoms with Gasteiger partial charge in [-0.1, -0.05) is 6.07 Å². The molecule has 1 saturated heterocycles. The van der Waals surface area contributed by atoms with Crippen LogP contribution in [0, 0.1) is 0 Å². The highest BCUT2D eigenvalue weighted by atomic mass is 32.1. The summed E-state index contributed by atoms with van der Waals surface area (Å²) >= 11 is 1.41. The van der Waals surface area contributed by atoms with Crippen LogP contribution in [0.4, 0.5) is 4.79 Å². The predicted octanol–water partition coefficient (Wildman–Crippen LogP) is 1.18. The molecule has 0 aromatic carbocycles. The number of rotatable bonds is 1. The summed E-state index contributed by atoms with van der Waals surface area (Å²) in [6, 6.07) is 3.63. The summed E-state index contributed by atoms with van der Waals surface area (Å²) in [4.78, 5) is 26.3. The molecule has 0 atom stereocenters. The average Bonchev–Trinajstić information content (AvgIpc) is 2.81. The first kappa shape index (κ1) is 10.9. The first-order valence-corrected chi connectivity index (χ1v) is 5.87. The van der Waals surface area contributed by atoms with E-state index in [9.17, 15) is 9.59 Å². The van der Waals surface area contributed by atoms with Crippen LogP contribution in [0.15, 0.2) is 17.5 Å². The fourth-order valence-corrected chi connectivity index (χ4v) is 2.35. The lowest BCUT2D eigenvalue weighted by molar-refractivity contribution is 0.0629. The molecule has 6 heteroatoms. The van der Waals surface area contributed by atoms with E-state index in [1.807, 2.05) is 11.4 Å². The molecule has 2 amide bonds. The van der Waals surface area contributed by atoms with Crippen molar-refractivity contribution in [1.82, 2.24) is 9.80 Å². The van der Waals surface area contributed by atoms with Crippen molar-refractivity contribution < 1.29 is 14.7 Å². The molecule has 0 radical (unpaired) electrons. The standard InChI is InChI=1S/C10H12N2O3S/c13-9(8-2-1-7-16-8)11-3-5-12(6-4-11)10(14)15/h1-2,7H,3-6H2,(H,14,15). The van der Waals surface area contributed by atoms with Crippen LogP contribution in [0.1, 0.15) is 9.67 Å². The number of thiophene rings is 1. The molecule has 16 heavy (non-hydrogen) atoms. The lowest BCUT2D eigenvalue weighted by atomic mass is 10.3. The minimum absolute atomic E-state index is 0.0000359. The van der Waals surface area contributed by atoms with Gasteiger partial charge in [-0.15, -0.1) is 11.3 Å². The zero-order valence-electron chi connectivity index (χ0n) is 8.63. The van der Waals surface area contributed by atoms with Crippen LogP contribution in [0.2, 0.25) is 0 Å². The molecule has 0 saturated carbocycles. The number of amides is 2. The van der Waals surface area contributed by atoms with Crippen molar-refractivity contribution in [3.8, 4) is 0 Å². The van der Waals surface area contributed by atoms with Gasteiger partial charge in [0.15, 0.2) is 0 Å². The summed E-state index contributed by atoms with van der Waals surface area (Å²) < 4.78 is 0. The Morgan fingerprint density at radius 1 is 1.19 bits per heavy atom. The van der Waals surface area contributed by atoms with E-state index in [-0.39, 0.29) is 5.91 Å². The quantitative estimate of drug-likeness (QED) is 0.802. The third kappa shape index (κ3) is 2.16. The van der Waals surface area contributed by atoms with Gasteiger partial charge >= 0.3 is 6.09 Å². The summed E-state index contributed by atoms with van der Waals surface area (Å²) in [5.74, 6) is 0.0000359. The zero-order chi connectivity index (χ0) is 11.5. The summed E-state index contributed by atoms with van der Waals surface area (Å²) in [5.41, 5.74) is 0. The number of piperazine rings is 1. The molecule has 0 unspecified atom stereocenters. The second-order valence-corrected chi connectivity index (χ2v) is 4.49. The SMILES string of the molecule is O=C(O)N1CCN(C(=O)c2cccs2)CC1. The van der Waals surface area contributed by atoms with Crippen LogP contribution in [-0.4, -0.2) is 53.1 Å². The highest BCUT2D eigenvalue weighted by Crippen LogP contribution is 2.13. The molecule has 2 rings (SSSR count). The van der Waals surface area contributed by atoms with E-state index in [0.717, 1.165) is 0 Å². The molecule has 86 valence electrons. The number of hydrogen-bond donors (Lipinski definition) is 1. The number of carbonyl (C=O) groups excluding carboxylic acids is 1. The van der Waals surface area contributed by atoms with Gasteiger partial charge in [-0.05, 0) is 11.4 Å². The summed E-state index contributed by atoms with van der Waals surface area (Å²) in [6.07, 6.45) is -0.914. The normalized spacial score (nSPS) is 16.2. The Labute approximate surface area is 96.9 Å². The van der Waals surface area contributed by atoms with Crippen molar-refractivity contribution in [1.29, 1.82) is 0 Å². The van der Waals surface area contributed by atoms with Crippen LogP contribution in [0.25, 0.3) is 0 Å². The summed E-state index contributed by atoms with van der Waals surface area (Å²) in [5, 5.41) is 10.6. The third-order valence-electron chi connectivity index (χ3n) is 2.57. The van der Waals surface area contributed by atoms with E-state index >= 15 is 0 Å². The van der Waals surface area contributed by atoms with Gasteiger partial charge in [0.05, 0.1) is 4.88 Å². The van der Waals surface area contributed by atoms with Crippen molar-refractivity contribution >= 4 is 23.3 Å². The maximum absolute atomic E-state index is 11.9. The van der Waals surface area contributed by atoms with Crippen LogP contribution >= 0.6 is 11.3 Å². The molecular weight excluding hydrogens is 228 g/mol. The van der Waals surface area contributed by atoms with E-state index in [4.69, 9.17) is 5.11 Å². The van der Waals surface area contributed by atoms with Gasteiger partial charge in [-0.25, -0.2) is 4.79 Å². The van der Waals surface area contributed by atoms with Crippen LogP contribution in [-0.2, 0) is 0 Å². The smallest absolute Gasteiger partial charge is 0.407 e. The van der Waals surface area contributed by atoms with Crippen molar-refractivity contribution in [2.75, 3.05) is 26.2 Å². The van der Waals surface area contributed by atoms with Crippen LogP contribution in [0.5, 0.6) is 0 Å². The second kappa shape index (κ2) is 4.52. The van der Waals surface area contributed by atoms with E-state index in [0.29, 0.717) is 31.1 Å². The Bertz CT molecular complexity index is 383. The van der Waals surface area contributed by atoms with E-state index in [1.165, 1.54) is 16.2 Å². The van der Waals surface area contributed by atoms with Crippen molar-refractivity contribution in [2.45, 2.75) is 0 Å². The maximum Gasteiger partial charge on any atom is 0.407 e. The molecule has 1 N–H and O–H groups in total. The largest absolute Gasteiger partial charge is 0.465 e. The predicted molar refractivity (Wildman–Crippen MR) is 59.8 cm³/mol. The Morgan fingerprint density at radius 3 is 2.31 bits per heavy atom. The molecule has 1 aromatic rings. The van der Waals surface area contributed by atoms with Gasteiger partial charge in [0.2, 0.25) is 0 Å². The summed E-state index contributed by atoms with van der Waals surface area (Å²) in [7, 11) is 0. The molecule has 1 aliphatic heterocycles. The van der Waals surface area contributed by atoms with Gasteiger partial charge in [-0.2, -0.15) is 0 Å². The van der Waals surface area contributed by atoms with Gasteiger partial charge in [0, 0.05) is 26.2 Å². The van der Waals surface area contributed by atoms with Gasteiger partial charge in [0.25, 0.3) is 5.91 Å². The molecule has 0 aliphatic carbocycles. The Balaban J connectivity index is 1.94. The molecule has 0 spiro atoms. The number of nitrogens with zero attached hydrogens (tertiary/aromatic N) is 2. The van der Waals surface area contributed by atoms with Gasteiger partial charge in [0.1, 0.15) is 0 Å². The number of carboxylic acid groups (broad SMARTS) is 1. The van der Waals surface area contributed by atoms with Crippen molar-refractivity contribution in [2.24, 2.45) is 0 Å². The lowest BCUT2D eigenvalue weighted by Crippen LogP contribution is -2.50. The van der Waals surface area contributed by atoms with Crippen LogP contribution in [0.3, 0.4) is 0 Å². The first-order valence-electron chi connectivity index (χ1n) is 4.99. The van der Waals surface area contributed by atoms with Gasteiger partial charge < -0.3 is 14.9 Å². The molecule has 1 aliphatic rings. The Morgan fingerprint density at radius 2 is 1.81 bits per heavy atom. The topological polar surface area (TPSA) is 60.9 Å². The highest BCUT2D eigenvalue weighted by Gasteiger charge is 2.24. The Hall–Kier alpha value is -1.56. The minimum atomic E-state index is -0.914. The molecule has 1 aromatic heterocycles. The monoisotopic (exact) mass is 240 g/mol. The second-order valence-electron chi connectivity index (χ2n) is 3.54. The zero-order valence-corrected chi connectivity index (χ0v) is 9.44. The fourth-order valence-electron chi connectivity index (χ4n) is 1.66. The van der Waals surface area contributed by atoms with Gasteiger partial charge in [-0.3, -0.25) is 4.79 Å². The van der Waals surface area contributed by atoms with E-state index in [1.54, 1.807) is 11.0 Å². The molecule has 1 fully saturated rings. The molecular formula is C10H12N2O3S. The molecule has 0 bridgehead atoms. The fraction of sp³-hybridized carbons (Fsp3) is 0.400. The third-order valence-corrected chi connectivity index (χ3v) is 3.43. The number of hydrogen-bond acceptors (Lipinski definition) is 3. The summed E-state index contributed by atoms with van der Waals surface area (Å²) in [6.45, 7) is 1.74. The maximum atomic E-state index is 11.9. The molecule has 2 heterocycles. The molecule has 5 nitrogen and oxygen atoms in total.